The van der Waals surface area contributed by atoms with Gasteiger partial charge in [-0.25, -0.2) is 0 Å². The minimum absolute atomic E-state index is 0.00102. The maximum atomic E-state index is 11.6. The van der Waals surface area contributed by atoms with Crippen molar-refractivity contribution in [2.75, 3.05) is 0 Å². The molecule has 0 aromatic rings. The van der Waals surface area contributed by atoms with E-state index >= 15 is 0 Å². The van der Waals surface area contributed by atoms with E-state index in [-0.39, 0.29) is 18.0 Å². The highest BCUT2D eigenvalue weighted by molar-refractivity contribution is 5.81. The van der Waals surface area contributed by atoms with E-state index < -0.39 is 0 Å². The van der Waals surface area contributed by atoms with Crippen molar-refractivity contribution in [3.8, 4) is 0 Å². The number of hydrogen-bond acceptors (Lipinski definition) is 2. The molecule has 0 aromatic heterocycles. The molecule has 3 N–H and O–H groups in total. The molecule has 0 fully saturated rings. The number of hydrogen-bond donors (Lipinski definition) is 2. The molecule has 0 aromatic carbocycles. The van der Waals surface area contributed by atoms with E-state index in [1.807, 2.05) is 6.92 Å². The zero-order chi connectivity index (χ0) is 12.6. The Morgan fingerprint density at radius 2 is 1.81 bits per heavy atom. The van der Waals surface area contributed by atoms with Gasteiger partial charge in [0, 0.05) is 6.04 Å². The van der Waals surface area contributed by atoms with Crippen LogP contribution in [0, 0.1) is 5.92 Å². The van der Waals surface area contributed by atoms with Crippen molar-refractivity contribution < 1.29 is 4.79 Å². The highest BCUT2D eigenvalue weighted by atomic mass is 16.2. The zero-order valence-electron chi connectivity index (χ0n) is 11.3. The van der Waals surface area contributed by atoms with Gasteiger partial charge in [0.2, 0.25) is 5.91 Å². The van der Waals surface area contributed by atoms with E-state index in [4.69, 9.17) is 5.73 Å². The Balaban J connectivity index is 3.69. The van der Waals surface area contributed by atoms with Crippen LogP contribution in [0.3, 0.4) is 0 Å². The Morgan fingerprint density at radius 1 is 1.19 bits per heavy atom. The lowest BCUT2D eigenvalue weighted by atomic mass is 10.0. The van der Waals surface area contributed by atoms with Crippen LogP contribution in [0.2, 0.25) is 0 Å². The van der Waals surface area contributed by atoms with Crippen LogP contribution in [0.15, 0.2) is 0 Å². The quantitative estimate of drug-likeness (QED) is 0.670. The van der Waals surface area contributed by atoms with E-state index in [2.05, 4.69) is 26.1 Å². The lowest BCUT2D eigenvalue weighted by molar-refractivity contribution is -0.123. The molecular formula is C13H28N2O. The summed E-state index contributed by atoms with van der Waals surface area (Å²) in [6.07, 6.45) is 5.16. The predicted octanol–water partition coefficient (Wildman–Crippen LogP) is 2.44. The normalized spacial score (nSPS) is 14.9. The van der Waals surface area contributed by atoms with Gasteiger partial charge in [-0.15, -0.1) is 0 Å². The average molecular weight is 228 g/mol. The number of carbonyl (C=O) groups is 1. The van der Waals surface area contributed by atoms with Crippen LogP contribution in [-0.2, 0) is 4.79 Å². The molecule has 0 bridgehead atoms. The van der Waals surface area contributed by atoms with Gasteiger partial charge in [-0.1, -0.05) is 40.0 Å². The highest BCUT2D eigenvalue weighted by Gasteiger charge is 2.14. The van der Waals surface area contributed by atoms with Gasteiger partial charge in [0.1, 0.15) is 0 Å². The molecule has 3 heteroatoms. The van der Waals surface area contributed by atoms with Gasteiger partial charge in [-0.05, 0) is 25.7 Å². The number of rotatable bonds is 8. The van der Waals surface area contributed by atoms with E-state index in [0.717, 1.165) is 25.2 Å². The fraction of sp³-hybridized carbons (Fsp3) is 0.923. The van der Waals surface area contributed by atoms with Crippen molar-refractivity contribution in [3.05, 3.63) is 0 Å². The molecule has 0 saturated heterocycles. The van der Waals surface area contributed by atoms with Gasteiger partial charge in [0.05, 0.1) is 6.04 Å². The Labute approximate surface area is 100 Å². The average Bonchev–Trinajstić information content (AvgIpc) is 2.17. The van der Waals surface area contributed by atoms with Gasteiger partial charge < -0.3 is 11.1 Å². The molecule has 0 spiro atoms. The van der Waals surface area contributed by atoms with Gasteiger partial charge in [-0.2, -0.15) is 0 Å². The SMILES string of the molecule is CCC[C@H](N)C(=O)NC(C)CCCC(C)C. The lowest BCUT2D eigenvalue weighted by Gasteiger charge is -2.17. The summed E-state index contributed by atoms with van der Waals surface area (Å²) in [6.45, 7) is 8.54. The van der Waals surface area contributed by atoms with Crippen LogP contribution < -0.4 is 11.1 Å². The van der Waals surface area contributed by atoms with Crippen LogP contribution in [0.25, 0.3) is 0 Å². The Bertz CT molecular complexity index is 192. The molecule has 1 amide bonds. The third-order valence-electron chi connectivity index (χ3n) is 2.74. The third kappa shape index (κ3) is 7.69. The maximum Gasteiger partial charge on any atom is 0.237 e. The molecule has 2 atom stereocenters. The molecule has 0 radical (unpaired) electrons. The smallest absolute Gasteiger partial charge is 0.237 e. The Morgan fingerprint density at radius 3 is 2.31 bits per heavy atom. The van der Waals surface area contributed by atoms with E-state index in [0.29, 0.717) is 0 Å². The molecule has 16 heavy (non-hydrogen) atoms. The van der Waals surface area contributed by atoms with E-state index in [1.54, 1.807) is 0 Å². The number of nitrogens with two attached hydrogens (primary N) is 1. The minimum Gasteiger partial charge on any atom is -0.352 e. The molecule has 0 aliphatic rings. The van der Waals surface area contributed by atoms with Gasteiger partial charge in [0.25, 0.3) is 0 Å². The van der Waals surface area contributed by atoms with E-state index in [9.17, 15) is 4.79 Å². The van der Waals surface area contributed by atoms with Crippen LogP contribution in [0.1, 0.15) is 59.8 Å². The molecule has 0 aliphatic carbocycles. The van der Waals surface area contributed by atoms with Crippen molar-refractivity contribution in [1.29, 1.82) is 0 Å². The van der Waals surface area contributed by atoms with Gasteiger partial charge in [-0.3, -0.25) is 4.79 Å². The first kappa shape index (κ1) is 15.4. The monoisotopic (exact) mass is 228 g/mol. The molecule has 0 heterocycles. The standard InChI is InChI=1S/C13H28N2O/c1-5-7-12(14)13(16)15-11(4)9-6-8-10(2)3/h10-12H,5-9,14H2,1-4H3,(H,15,16)/t11?,12-/m0/s1. The molecule has 3 nitrogen and oxygen atoms in total. The minimum atomic E-state index is -0.336. The van der Waals surface area contributed by atoms with Crippen molar-refractivity contribution in [2.24, 2.45) is 11.7 Å². The van der Waals surface area contributed by atoms with Crippen LogP contribution in [-0.4, -0.2) is 18.0 Å². The highest BCUT2D eigenvalue weighted by Crippen LogP contribution is 2.08. The van der Waals surface area contributed by atoms with Crippen LogP contribution in [0.5, 0.6) is 0 Å². The lowest BCUT2D eigenvalue weighted by Crippen LogP contribution is -2.44. The van der Waals surface area contributed by atoms with Gasteiger partial charge in [0.15, 0.2) is 0 Å². The number of carbonyl (C=O) groups excluding carboxylic acids is 1. The summed E-state index contributed by atoms with van der Waals surface area (Å²) in [5.41, 5.74) is 5.74. The van der Waals surface area contributed by atoms with Crippen LogP contribution in [0.4, 0.5) is 0 Å². The summed E-state index contributed by atoms with van der Waals surface area (Å²) >= 11 is 0. The summed E-state index contributed by atoms with van der Waals surface area (Å²) in [5, 5.41) is 2.97. The Hall–Kier alpha value is -0.570. The first-order valence-electron chi connectivity index (χ1n) is 6.53. The molecule has 0 rings (SSSR count). The second kappa shape index (κ2) is 8.57. The molecule has 96 valence electrons. The Kier molecular flexibility index (Phi) is 8.26. The van der Waals surface area contributed by atoms with Crippen molar-refractivity contribution in [3.63, 3.8) is 0 Å². The predicted molar refractivity (Wildman–Crippen MR) is 69.2 cm³/mol. The summed E-state index contributed by atoms with van der Waals surface area (Å²) in [4.78, 5) is 11.6. The molecule has 1 unspecified atom stereocenters. The third-order valence-corrected chi connectivity index (χ3v) is 2.74. The topological polar surface area (TPSA) is 55.1 Å². The summed E-state index contributed by atoms with van der Waals surface area (Å²) in [7, 11) is 0. The fourth-order valence-electron chi connectivity index (χ4n) is 1.70. The van der Waals surface area contributed by atoms with Crippen molar-refractivity contribution in [1.82, 2.24) is 5.32 Å². The fourth-order valence-corrected chi connectivity index (χ4v) is 1.70. The first-order chi connectivity index (χ1) is 7.47. The largest absolute Gasteiger partial charge is 0.352 e. The second-order valence-corrected chi connectivity index (χ2v) is 5.13. The number of amides is 1. The summed E-state index contributed by atoms with van der Waals surface area (Å²) in [6, 6.07) is -0.0910. The first-order valence-corrected chi connectivity index (χ1v) is 6.53. The van der Waals surface area contributed by atoms with Crippen molar-refractivity contribution >= 4 is 5.91 Å². The number of nitrogens with one attached hydrogen (secondary N) is 1. The van der Waals surface area contributed by atoms with Crippen LogP contribution >= 0.6 is 0 Å². The van der Waals surface area contributed by atoms with Crippen molar-refractivity contribution in [2.45, 2.75) is 71.9 Å². The molecular weight excluding hydrogens is 200 g/mol. The van der Waals surface area contributed by atoms with E-state index in [1.165, 1.54) is 12.8 Å². The molecule has 0 saturated carbocycles. The summed E-state index contributed by atoms with van der Waals surface area (Å²) in [5.74, 6) is 0.740. The zero-order valence-corrected chi connectivity index (χ0v) is 11.3. The van der Waals surface area contributed by atoms with Gasteiger partial charge >= 0.3 is 0 Å². The maximum absolute atomic E-state index is 11.6. The summed E-state index contributed by atoms with van der Waals surface area (Å²) < 4.78 is 0. The second-order valence-electron chi connectivity index (χ2n) is 5.13. The molecule has 0 aliphatic heterocycles.